The molecule has 92 valence electrons. The number of aliphatic hydroxyl groups is 1. The molecule has 0 saturated carbocycles. The Labute approximate surface area is 98.4 Å². The fourth-order valence-corrected chi connectivity index (χ4v) is 4.32. The molecule has 4 aliphatic heterocycles. The van der Waals surface area contributed by atoms with E-state index in [-0.39, 0.29) is 22.6 Å². The van der Waals surface area contributed by atoms with Gasteiger partial charge in [0.25, 0.3) is 0 Å². The van der Waals surface area contributed by atoms with E-state index in [1.807, 2.05) is 0 Å². The molecule has 2 unspecified atom stereocenters. The Morgan fingerprint density at radius 1 is 1.06 bits per heavy atom. The van der Waals surface area contributed by atoms with Gasteiger partial charge in [-0.05, 0) is 20.3 Å². The normalized spacial score (nSPS) is 57.9. The first-order valence-corrected chi connectivity index (χ1v) is 6.52. The van der Waals surface area contributed by atoms with Gasteiger partial charge in [-0.3, -0.25) is 9.80 Å². The second-order valence-corrected chi connectivity index (χ2v) is 6.98. The fourth-order valence-electron chi connectivity index (χ4n) is 4.32. The fraction of sp³-hybridized carbons (Fsp3) is 1.00. The molecule has 3 atom stereocenters. The van der Waals surface area contributed by atoms with E-state index >= 15 is 0 Å². The van der Waals surface area contributed by atoms with Gasteiger partial charge in [0, 0.05) is 37.0 Å². The number of hydrogen-bond acceptors (Lipinski definition) is 3. The zero-order valence-corrected chi connectivity index (χ0v) is 11.0. The van der Waals surface area contributed by atoms with Crippen LogP contribution in [0.15, 0.2) is 0 Å². The molecule has 4 fully saturated rings. The van der Waals surface area contributed by atoms with Gasteiger partial charge in [0.15, 0.2) is 0 Å². The maximum Gasteiger partial charge on any atom is 0.0698 e. The molecule has 0 radical (unpaired) electrons. The first-order chi connectivity index (χ1) is 7.34. The van der Waals surface area contributed by atoms with Crippen LogP contribution in [-0.4, -0.2) is 52.9 Å². The van der Waals surface area contributed by atoms with Crippen molar-refractivity contribution >= 4 is 0 Å². The summed E-state index contributed by atoms with van der Waals surface area (Å²) in [6.07, 6.45) is 0.973. The van der Waals surface area contributed by atoms with Crippen molar-refractivity contribution < 1.29 is 5.11 Å². The Morgan fingerprint density at radius 2 is 1.56 bits per heavy atom. The Balaban J connectivity index is 2.05. The number of aliphatic hydroxyl groups excluding tert-OH is 1. The van der Waals surface area contributed by atoms with Crippen LogP contribution in [0.5, 0.6) is 0 Å². The SMILES string of the molecule is CCC12CN3CC(C)(CN(C1)C3(C)C)[C@@H]2O. The third-order valence-corrected chi connectivity index (χ3v) is 5.61. The number of piperidine rings is 2. The standard InChI is InChI=1S/C13H24N2O/c1-5-13-8-14-6-12(4,10(13)16)7-15(9-13)11(14,2)3/h10,16H,5-9H2,1-4H3/t10-,12?,13?/m0/s1. The minimum Gasteiger partial charge on any atom is -0.392 e. The Hall–Kier alpha value is -0.120. The van der Waals surface area contributed by atoms with E-state index in [1.165, 1.54) is 0 Å². The van der Waals surface area contributed by atoms with E-state index in [0.717, 1.165) is 32.6 Å². The molecule has 0 aromatic heterocycles. The summed E-state index contributed by atoms with van der Waals surface area (Å²) >= 11 is 0. The van der Waals surface area contributed by atoms with Crippen LogP contribution in [0, 0.1) is 10.8 Å². The van der Waals surface area contributed by atoms with Crippen LogP contribution in [0.4, 0.5) is 0 Å². The smallest absolute Gasteiger partial charge is 0.0698 e. The predicted octanol–water partition coefficient (Wildman–Crippen LogP) is 1.13. The zero-order valence-electron chi connectivity index (χ0n) is 11.0. The highest BCUT2D eigenvalue weighted by Crippen LogP contribution is 2.54. The van der Waals surface area contributed by atoms with Gasteiger partial charge in [0.1, 0.15) is 0 Å². The topological polar surface area (TPSA) is 26.7 Å². The van der Waals surface area contributed by atoms with Crippen LogP contribution in [0.3, 0.4) is 0 Å². The highest BCUT2D eigenvalue weighted by atomic mass is 16.3. The van der Waals surface area contributed by atoms with Crippen molar-refractivity contribution in [3.05, 3.63) is 0 Å². The van der Waals surface area contributed by atoms with E-state index in [9.17, 15) is 5.11 Å². The van der Waals surface area contributed by atoms with E-state index in [2.05, 4.69) is 37.5 Å². The summed E-state index contributed by atoms with van der Waals surface area (Å²) < 4.78 is 0. The minimum atomic E-state index is -0.117. The Bertz CT molecular complexity index is 308. The van der Waals surface area contributed by atoms with Crippen molar-refractivity contribution in [2.24, 2.45) is 10.8 Å². The van der Waals surface area contributed by atoms with E-state index in [1.54, 1.807) is 0 Å². The van der Waals surface area contributed by atoms with Crippen molar-refractivity contribution in [1.29, 1.82) is 0 Å². The molecule has 1 N–H and O–H groups in total. The van der Waals surface area contributed by atoms with Crippen LogP contribution in [0.1, 0.15) is 34.1 Å². The van der Waals surface area contributed by atoms with Crippen molar-refractivity contribution in [3.63, 3.8) is 0 Å². The number of hydrogen-bond donors (Lipinski definition) is 1. The Morgan fingerprint density at radius 3 is 2.00 bits per heavy atom. The molecule has 4 heterocycles. The van der Waals surface area contributed by atoms with Crippen molar-refractivity contribution in [1.82, 2.24) is 9.80 Å². The third kappa shape index (κ3) is 1.05. The summed E-state index contributed by atoms with van der Waals surface area (Å²) in [5.74, 6) is 0. The first kappa shape index (κ1) is 11.0. The van der Waals surface area contributed by atoms with Gasteiger partial charge in [0.2, 0.25) is 0 Å². The maximum absolute atomic E-state index is 10.7. The molecule has 0 aliphatic carbocycles. The van der Waals surface area contributed by atoms with Gasteiger partial charge in [-0.2, -0.15) is 0 Å². The summed E-state index contributed by atoms with van der Waals surface area (Å²) in [6.45, 7) is 13.4. The van der Waals surface area contributed by atoms with Gasteiger partial charge in [-0.1, -0.05) is 13.8 Å². The monoisotopic (exact) mass is 224 g/mol. The molecule has 0 aromatic rings. The lowest BCUT2D eigenvalue weighted by atomic mass is 9.58. The van der Waals surface area contributed by atoms with Crippen molar-refractivity contribution in [2.45, 2.75) is 45.9 Å². The molecule has 4 rings (SSSR count). The molecular weight excluding hydrogens is 200 g/mol. The lowest BCUT2D eigenvalue weighted by Gasteiger charge is -2.72. The highest BCUT2D eigenvalue weighted by molar-refractivity contribution is 5.16. The zero-order chi connectivity index (χ0) is 11.8. The molecular formula is C13H24N2O. The molecule has 0 amide bonds. The average molecular weight is 224 g/mol. The number of nitrogens with zero attached hydrogens (tertiary/aromatic N) is 2. The minimum absolute atomic E-state index is 0.0853. The van der Waals surface area contributed by atoms with Gasteiger partial charge < -0.3 is 5.11 Å². The van der Waals surface area contributed by atoms with Crippen LogP contribution in [-0.2, 0) is 0 Å². The molecule has 4 bridgehead atoms. The lowest BCUT2D eigenvalue weighted by Crippen LogP contribution is -2.83. The Kier molecular flexibility index (Phi) is 1.94. The molecule has 3 nitrogen and oxygen atoms in total. The third-order valence-electron chi connectivity index (χ3n) is 5.61. The molecule has 4 saturated heterocycles. The summed E-state index contributed by atoms with van der Waals surface area (Å²) in [5.41, 5.74) is 0.404. The summed E-state index contributed by atoms with van der Waals surface area (Å²) in [5, 5.41) is 10.7. The molecule has 0 aromatic carbocycles. The summed E-state index contributed by atoms with van der Waals surface area (Å²) in [4.78, 5) is 5.16. The van der Waals surface area contributed by atoms with Gasteiger partial charge in [-0.25, -0.2) is 0 Å². The van der Waals surface area contributed by atoms with E-state index in [0.29, 0.717) is 0 Å². The molecule has 0 spiro atoms. The first-order valence-electron chi connectivity index (χ1n) is 6.52. The van der Waals surface area contributed by atoms with Crippen molar-refractivity contribution in [2.75, 3.05) is 26.2 Å². The average Bonchev–Trinajstić information content (AvgIpc) is 2.19. The lowest BCUT2D eigenvalue weighted by molar-refractivity contribution is -0.283. The van der Waals surface area contributed by atoms with Gasteiger partial charge in [-0.15, -0.1) is 0 Å². The van der Waals surface area contributed by atoms with Crippen LogP contribution >= 0.6 is 0 Å². The van der Waals surface area contributed by atoms with E-state index < -0.39 is 0 Å². The van der Waals surface area contributed by atoms with Crippen LogP contribution < -0.4 is 0 Å². The summed E-state index contributed by atoms with van der Waals surface area (Å²) in [6, 6.07) is 0. The second-order valence-electron chi connectivity index (χ2n) is 6.98. The largest absolute Gasteiger partial charge is 0.392 e. The summed E-state index contributed by atoms with van der Waals surface area (Å²) in [7, 11) is 0. The van der Waals surface area contributed by atoms with Crippen LogP contribution in [0.2, 0.25) is 0 Å². The van der Waals surface area contributed by atoms with Gasteiger partial charge >= 0.3 is 0 Å². The highest BCUT2D eigenvalue weighted by Gasteiger charge is 2.64. The molecule has 16 heavy (non-hydrogen) atoms. The second kappa shape index (κ2) is 2.82. The van der Waals surface area contributed by atoms with Gasteiger partial charge in [0.05, 0.1) is 11.8 Å². The number of rotatable bonds is 1. The molecule has 4 aliphatic rings. The van der Waals surface area contributed by atoms with E-state index in [4.69, 9.17) is 0 Å². The molecule has 3 heteroatoms. The van der Waals surface area contributed by atoms with Crippen LogP contribution in [0.25, 0.3) is 0 Å². The predicted molar refractivity (Wildman–Crippen MR) is 64.1 cm³/mol. The van der Waals surface area contributed by atoms with Crippen molar-refractivity contribution in [3.8, 4) is 0 Å². The quantitative estimate of drug-likeness (QED) is 0.723. The maximum atomic E-state index is 10.7.